The van der Waals surface area contributed by atoms with E-state index in [0.29, 0.717) is 32.6 Å². The number of ketones is 1. The van der Waals surface area contributed by atoms with Crippen molar-refractivity contribution in [2.45, 2.75) is 52.4 Å². The van der Waals surface area contributed by atoms with Crippen LogP contribution in [0, 0.1) is 11.8 Å². The molecule has 0 spiro atoms. The van der Waals surface area contributed by atoms with Crippen LogP contribution in [0.3, 0.4) is 0 Å². The summed E-state index contributed by atoms with van der Waals surface area (Å²) in [6.45, 7) is 10.5. The second-order valence-corrected chi connectivity index (χ2v) is 11.5. The van der Waals surface area contributed by atoms with E-state index in [-0.39, 0.29) is 42.8 Å². The molecule has 0 aromatic heterocycles. The van der Waals surface area contributed by atoms with Crippen molar-refractivity contribution < 1.29 is 19.2 Å². The fourth-order valence-electron chi connectivity index (χ4n) is 4.01. The second kappa shape index (κ2) is 22.6. The van der Waals surface area contributed by atoms with Gasteiger partial charge in [-0.15, -0.1) is 0 Å². The highest BCUT2D eigenvalue weighted by Crippen LogP contribution is 2.16. The Morgan fingerprint density at radius 2 is 1.05 bits per heavy atom. The van der Waals surface area contributed by atoms with Crippen LogP contribution in [-0.4, -0.2) is 144 Å². The van der Waals surface area contributed by atoms with Crippen LogP contribution >= 0.6 is 0 Å². The van der Waals surface area contributed by atoms with Crippen LogP contribution in [0.25, 0.3) is 0 Å². The standard InChI is InChI=1S/C29H59N7O4/c1-9-11-12-31-29(40)25(23-27(38)30-13-15-35(7)19-17-33(3)4)22-26(37)21-24(10-2)28(39)32-14-16-36(8)20-18-34(5)6/h24-25H,9-23H2,1-8H3,(H,30,38)(H,31,40)(H,32,39). The maximum atomic E-state index is 13.0. The molecule has 0 heterocycles. The minimum Gasteiger partial charge on any atom is -0.356 e. The third-order valence-electron chi connectivity index (χ3n) is 6.91. The van der Waals surface area contributed by atoms with Gasteiger partial charge in [0.15, 0.2) is 0 Å². The summed E-state index contributed by atoms with van der Waals surface area (Å²) in [6.07, 6.45) is 2.27. The lowest BCUT2D eigenvalue weighted by molar-refractivity contribution is -0.134. The molecule has 3 amide bonds. The molecule has 234 valence electrons. The van der Waals surface area contributed by atoms with E-state index in [0.717, 1.165) is 45.6 Å². The number of nitrogens with one attached hydrogen (secondary N) is 3. The molecule has 40 heavy (non-hydrogen) atoms. The van der Waals surface area contributed by atoms with Gasteiger partial charge in [0.25, 0.3) is 0 Å². The maximum Gasteiger partial charge on any atom is 0.224 e. The lowest BCUT2D eigenvalue weighted by atomic mass is 9.91. The van der Waals surface area contributed by atoms with E-state index in [2.05, 4.69) is 35.6 Å². The van der Waals surface area contributed by atoms with Gasteiger partial charge < -0.3 is 35.6 Å². The topological polar surface area (TPSA) is 117 Å². The monoisotopic (exact) mass is 569 g/mol. The molecule has 2 unspecified atom stereocenters. The first-order chi connectivity index (χ1) is 18.9. The molecule has 0 aromatic rings. The summed E-state index contributed by atoms with van der Waals surface area (Å²) in [6, 6.07) is 0. The van der Waals surface area contributed by atoms with E-state index < -0.39 is 11.8 Å². The summed E-state index contributed by atoms with van der Waals surface area (Å²) in [4.78, 5) is 59.8. The number of Topliss-reactive ketones (excluding diaryl/α,β-unsaturated/α-hetero) is 1. The summed E-state index contributed by atoms with van der Waals surface area (Å²) in [7, 11) is 12.1. The Morgan fingerprint density at radius 3 is 1.55 bits per heavy atom. The van der Waals surface area contributed by atoms with Gasteiger partial charge in [-0.25, -0.2) is 0 Å². The van der Waals surface area contributed by atoms with E-state index in [4.69, 9.17) is 0 Å². The molecule has 0 aliphatic carbocycles. The first-order valence-electron chi connectivity index (χ1n) is 14.9. The van der Waals surface area contributed by atoms with Gasteiger partial charge in [0.05, 0.1) is 5.92 Å². The summed E-state index contributed by atoms with van der Waals surface area (Å²) >= 11 is 0. The smallest absolute Gasteiger partial charge is 0.224 e. The Morgan fingerprint density at radius 1 is 0.575 bits per heavy atom. The highest BCUT2D eigenvalue weighted by molar-refractivity contribution is 5.92. The average molecular weight is 570 g/mol. The normalized spacial score (nSPS) is 13.1. The predicted molar refractivity (Wildman–Crippen MR) is 162 cm³/mol. The van der Waals surface area contributed by atoms with Crippen molar-refractivity contribution in [1.82, 2.24) is 35.6 Å². The molecule has 0 bridgehead atoms. The molecule has 0 saturated heterocycles. The highest BCUT2D eigenvalue weighted by atomic mass is 16.2. The van der Waals surface area contributed by atoms with Crippen molar-refractivity contribution in [2.75, 3.05) is 101 Å². The molecule has 11 nitrogen and oxygen atoms in total. The minimum atomic E-state index is -0.748. The summed E-state index contributed by atoms with van der Waals surface area (Å²) in [5.41, 5.74) is 0. The van der Waals surface area contributed by atoms with Crippen LogP contribution in [0.1, 0.15) is 52.4 Å². The van der Waals surface area contributed by atoms with Crippen LogP contribution in [-0.2, 0) is 19.2 Å². The first kappa shape index (κ1) is 37.9. The first-order valence-corrected chi connectivity index (χ1v) is 14.9. The number of amides is 3. The van der Waals surface area contributed by atoms with Crippen LogP contribution in [0.4, 0.5) is 0 Å². The molecular weight excluding hydrogens is 510 g/mol. The quantitative estimate of drug-likeness (QED) is 0.144. The summed E-state index contributed by atoms with van der Waals surface area (Å²) in [5, 5.41) is 8.71. The number of hydrogen-bond acceptors (Lipinski definition) is 8. The number of unbranched alkanes of at least 4 members (excludes halogenated alkanes) is 1. The Balaban J connectivity index is 4.88. The number of hydrogen-bond donors (Lipinski definition) is 3. The zero-order valence-corrected chi connectivity index (χ0v) is 26.7. The van der Waals surface area contributed by atoms with Crippen molar-refractivity contribution in [3.05, 3.63) is 0 Å². The minimum absolute atomic E-state index is 0.0482. The molecule has 2 atom stereocenters. The highest BCUT2D eigenvalue weighted by Gasteiger charge is 2.27. The van der Waals surface area contributed by atoms with Crippen molar-refractivity contribution in [2.24, 2.45) is 11.8 Å². The molecule has 0 saturated carbocycles. The lowest BCUT2D eigenvalue weighted by Gasteiger charge is -2.21. The predicted octanol–water partition coefficient (Wildman–Crippen LogP) is 0.504. The molecule has 0 aliphatic rings. The Kier molecular flexibility index (Phi) is 21.4. The molecule has 3 N–H and O–H groups in total. The van der Waals surface area contributed by atoms with Crippen LogP contribution in [0.2, 0.25) is 0 Å². The van der Waals surface area contributed by atoms with Crippen molar-refractivity contribution in [3.63, 3.8) is 0 Å². The van der Waals surface area contributed by atoms with Gasteiger partial charge in [-0.2, -0.15) is 0 Å². The van der Waals surface area contributed by atoms with Crippen molar-refractivity contribution in [1.29, 1.82) is 0 Å². The van der Waals surface area contributed by atoms with Crippen molar-refractivity contribution >= 4 is 23.5 Å². The van der Waals surface area contributed by atoms with Crippen LogP contribution < -0.4 is 16.0 Å². The van der Waals surface area contributed by atoms with Gasteiger partial charge in [-0.05, 0) is 55.1 Å². The van der Waals surface area contributed by atoms with Gasteiger partial charge in [0.2, 0.25) is 17.7 Å². The van der Waals surface area contributed by atoms with Crippen LogP contribution in [0.5, 0.6) is 0 Å². The fourth-order valence-corrected chi connectivity index (χ4v) is 4.01. The van der Waals surface area contributed by atoms with Gasteiger partial charge in [-0.1, -0.05) is 20.3 Å². The van der Waals surface area contributed by atoms with Gasteiger partial charge in [0.1, 0.15) is 5.78 Å². The van der Waals surface area contributed by atoms with Crippen molar-refractivity contribution in [3.8, 4) is 0 Å². The number of nitrogens with zero attached hydrogens (tertiary/aromatic N) is 4. The molecule has 0 radical (unpaired) electrons. The molecule has 0 rings (SSSR count). The third-order valence-corrected chi connectivity index (χ3v) is 6.91. The molecular formula is C29H59N7O4. The summed E-state index contributed by atoms with van der Waals surface area (Å²) in [5.74, 6) is -2.03. The zero-order chi connectivity index (χ0) is 30.5. The lowest BCUT2D eigenvalue weighted by Crippen LogP contribution is -2.40. The molecule has 11 heteroatoms. The zero-order valence-electron chi connectivity index (χ0n) is 26.7. The molecule has 0 aromatic carbocycles. The largest absolute Gasteiger partial charge is 0.356 e. The second-order valence-electron chi connectivity index (χ2n) is 11.5. The Bertz CT molecular complexity index is 733. The Hall–Kier alpha value is -2.08. The Labute approximate surface area is 243 Å². The van der Waals surface area contributed by atoms with E-state index in [9.17, 15) is 19.2 Å². The fraction of sp³-hybridized carbons (Fsp3) is 0.862. The maximum absolute atomic E-state index is 13.0. The number of likely N-dealkylation sites (N-methyl/N-ethyl adjacent to an activating group) is 4. The van der Waals surface area contributed by atoms with E-state index in [1.807, 2.05) is 56.1 Å². The summed E-state index contributed by atoms with van der Waals surface area (Å²) < 4.78 is 0. The molecule has 0 aliphatic heterocycles. The third kappa shape index (κ3) is 19.9. The number of rotatable bonds is 24. The average Bonchev–Trinajstić information content (AvgIpc) is 2.88. The molecule has 0 fully saturated rings. The van der Waals surface area contributed by atoms with Gasteiger partial charge in [-0.3, -0.25) is 19.2 Å². The van der Waals surface area contributed by atoms with Crippen LogP contribution in [0.15, 0.2) is 0 Å². The van der Waals surface area contributed by atoms with E-state index in [1.165, 1.54) is 0 Å². The number of carbonyl (C=O) groups excluding carboxylic acids is 4. The van der Waals surface area contributed by atoms with E-state index >= 15 is 0 Å². The van der Waals surface area contributed by atoms with Gasteiger partial charge in [0, 0.05) is 84.1 Å². The van der Waals surface area contributed by atoms with E-state index in [1.54, 1.807) is 0 Å². The SMILES string of the molecule is CCCCNC(=O)C(CC(=O)CC(CC)C(=O)NCCN(C)CCN(C)C)CC(=O)NCCN(C)CCN(C)C. The van der Waals surface area contributed by atoms with Gasteiger partial charge >= 0.3 is 0 Å². The number of carbonyl (C=O) groups is 4.